The molecule has 110 valence electrons. The van der Waals surface area contributed by atoms with Crippen molar-refractivity contribution in [1.29, 1.82) is 0 Å². The molecule has 1 unspecified atom stereocenters. The molecular weight excluding hydrogens is 271 g/mol. The lowest BCUT2D eigenvalue weighted by Crippen LogP contribution is -2.12. The van der Waals surface area contributed by atoms with Crippen LogP contribution in [0.3, 0.4) is 0 Å². The molecule has 2 rings (SSSR count). The van der Waals surface area contributed by atoms with Crippen molar-refractivity contribution in [2.45, 2.75) is 26.3 Å². The van der Waals surface area contributed by atoms with Gasteiger partial charge in [-0.3, -0.25) is 10.1 Å². The van der Waals surface area contributed by atoms with Crippen molar-refractivity contribution in [3.63, 3.8) is 0 Å². The summed E-state index contributed by atoms with van der Waals surface area (Å²) in [4.78, 5) is 10.7. The number of nitrogens with one attached hydrogen (secondary N) is 1. The Morgan fingerprint density at radius 3 is 2.62 bits per heavy atom. The Hall–Kier alpha value is -2.43. The van der Waals surface area contributed by atoms with E-state index in [0.29, 0.717) is 17.7 Å². The molecule has 2 aromatic rings. The van der Waals surface area contributed by atoms with Crippen LogP contribution < -0.4 is 5.32 Å². The van der Waals surface area contributed by atoms with Crippen molar-refractivity contribution in [2.24, 2.45) is 0 Å². The third-order valence-electron chi connectivity index (χ3n) is 3.37. The zero-order valence-electron chi connectivity index (χ0n) is 12.0. The number of aryl methyl sites for hydroxylation is 1. The molecule has 0 aromatic heterocycles. The minimum atomic E-state index is -0.435. The van der Waals surface area contributed by atoms with E-state index in [1.54, 1.807) is 30.3 Å². The summed E-state index contributed by atoms with van der Waals surface area (Å²) in [7, 11) is 0. The quantitative estimate of drug-likeness (QED) is 0.646. The molecule has 0 heterocycles. The Balaban J connectivity index is 2.37. The highest BCUT2D eigenvalue weighted by Gasteiger charge is 2.19. The van der Waals surface area contributed by atoms with Crippen LogP contribution in [0.25, 0.3) is 0 Å². The summed E-state index contributed by atoms with van der Waals surface area (Å²) in [5, 5.41) is 14.2. The molecular formula is C16H17FN2O2. The van der Waals surface area contributed by atoms with Gasteiger partial charge in [0.15, 0.2) is 0 Å². The third-order valence-corrected chi connectivity index (χ3v) is 3.37. The van der Waals surface area contributed by atoms with E-state index in [-0.39, 0.29) is 17.5 Å². The number of hydrogen-bond acceptors (Lipinski definition) is 3. The van der Waals surface area contributed by atoms with E-state index < -0.39 is 4.92 Å². The Kier molecular flexibility index (Phi) is 4.52. The Morgan fingerprint density at radius 2 is 2.00 bits per heavy atom. The highest BCUT2D eigenvalue weighted by atomic mass is 19.1. The zero-order valence-corrected chi connectivity index (χ0v) is 12.0. The molecule has 0 aliphatic rings. The van der Waals surface area contributed by atoms with Crippen molar-refractivity contribution in [2.75, 3.05) is 5.32 Å². The molecule has 0 spiro atoms. The van der Waals surface area contributed by atoms with Gasteiger partial charge in [0.05, 0.1) is 11.0 Å². The summed E-state index contributed by atoms with van der Waals surface area (Å²) in [6, 6.07) is 11.0. The maximum Gasteiger partial charge on any atom is 0.292 e. The van der Waals surface area contributed by atoms with Gasteiger partial charge < -0.3 is 5.32 Å². The molecule has 2 aromatic carbocycles. The average molecular weight is 288 g/mol. The van der Waals surface area contributed by atoms with Crippen molar-refractivity contribution in [3.8, 4) is 0 Å². The van der Waals surface area contributed by atoms with Crippen LogP contribution in [0.15, 0.2) is 42.5 Å². The summed E-state index contributed by atoms with van der Waals surface area (Å²) in [6.07, 6.45) is 0.617. The molecule has 0 fully saturated rings. The van der Waals surface area contributed by atoms with Crippen molar-refractivity contribution in [3.05, 3.63) is 69.5 Å². The number of nitro groups is 1. The maximum atomic E-state index is 13.9. The highest BCUT2D eigenvalue weighted by Crippen LogP contribution is 2.31. The summed E-state index contributed by atoms with van der Waals surface area (Å²) in [5.74, 6) is -0.313. The number of anilines is 1. The largest absolute Gasteiger partial charge is 0.373 e. The monoisotopic (exact) mass is 288 g/mol. The first kappa shape index (κ1) is 15.0. The van der Waals surface area contributed by atoms with Crippen LogP contribution in [-0.2, 0) is 0 Å². The second-order valence-corrected chi connectivity index (χ2v) is 4.90. The number of nitrogens with zero attached hydrogens (tertiary/aromatic N) is 1. The van der Waals surface area contributed by atoms with E-state index in [9.17, 15) is 14.5 Å². The van der Waals surface area contributed by atoms with Crippen molar-refractivity contribution < 1.29 is 9.31 Å². The van der Waals surface area contributed by atoms with Gasteiger partial charge in [0.1, 0.15) is 11.5 Å². The van der Waals surface area contributed by atoms with E-state index in [0.717, 1.165) is 5.56 Å². The molecule has 4 nitrogen and oxygen atoms in total. The third kappa shape index (κ3) is 3.37. The van der Waals surface area contributed by atoms with Gasteiger partial charge >= 0.3 is 0 Å². The molecule has 0 saturated carbocycles. The second-order valence-electron chi connectivity index (χ2n) is 4.90. The SMILES string of the molecule is CCC(Nc1cc(C)ccc1[N+](=O)[O-])c1ccccc1F. The highest BCUT2D eigenvalue weighted by molar-refractivity contribution is 5.63. The van der Waals surface area contributed by atoms with Crippen LogP contribution in [0.4, 0.5) is 15.8 Å². The van der Waals surface area contributed by atoms with Gasteiger partial charge in [0, 0.05) is 11.6 Å². The average Bonchev–Trinajstić information content (AvgIpc) is 2.45. The van der Waals surface area contributed by atoms with Crippen molar-refractivity contribution >= 4 is 11.4 Å². The number of nitro benzene ring substituents is 1. The summed E-state index contributed by atoms with van der Waals surface area (Å²) >= 11 is 0. The lowest BCUT2D eigenvalue weighted by molar-refractivity contribution is -0.384. The van der Waals surface area contributed by atoms with Crippen LogP contribution in [-0.4, -0.2) is 4.92 Å². The minimum absolute atomic E-state index is 0.00427. The first-order valence-corrected chi connectivity index (χ1v) is 6.79. The first-order chi connectivity index (χ1) is 10.0. The number of rotatable bonds is 5. The molecule has 1 atom stereocenters. The van der Waals surface area contributed by atoms with E-state index in [2.05, 4.69) is 5.32 Å². The van der Waals surface area contributed by atoms with E-state index in [1.165, 1.54) is 12.1 Å². The molecule has 0 saturated heterocycles. The molecule has 1 N–H and O–H groups in total. The molecule has 0 radical (unpaired) electrons. The topological polar surface area (TPSA) is 55.2 Å². The minimum Gasteiger partial charge on any atom is -0.373 e. The fourth-order valence-corrected chi connectivity index (χ4v) is 2.27. The van der Waals surface area contributed by atoms with Gasteiger partial charge in [-0.05, 0) is 31.0 Å². The smallest absolute Gasteiger partial charge is 0.292 e. The number of benzene rings is 2. The fourth-order valence-electron chi connectivity index (χ4n) is 2.27. The van der Waals surface area contributed by atoms with E-state index >= 15 is 0 Å². The predicted octanol–water partition coefficient (Wildman–Crippen LogP) is 4.61. The number of hydrogen-bond donors (Lipinski definition) is 1. The number of halogens is 1. The molecule has 0 aliphatic heterocycles. The van der Waals surface area contributed by atoms with Gasteiger partial charge in [0.25, 0.3) is 5.69 Å². The standard InChI is InChI=1S/C16H17FN2O2/c1-3-14(12-6-4-5-7-13(12)17)18-15-10-11(2)8-9-16(15)19(20)21/h4-10,14,18H,3H2,1-2H3. The Labute approximate surface area is 122 Å². The molecule has 21 heavy (non-hydrogen) atoms. The van der Waals surface area contributed by atoms with Gasteiger partial charge in [0.2, 0.25) is 0 Å². The Morgan fingerprint density at radius 1 is 1.29 bits per heavy atom. The normalized spacial score (nSPS) is 12.0. The summed E-state index contributed by atoms with van der Waals surface area (Å²) < 4.78 is 13.9. The first-order valence-electron chi connectivity index (χ1n) is 6.79. The van der Waals surface area contributed by atoms with Gasteiger partial charge in [-0.1, -0.05) is 31.2 Å². The van der Waals surface area contributed by atoms with Crippen LogP contribution in [0.2, 0.25) is 0 Å². The van der Waals surface area contributed by atoms with Gasteiger partial charge in [-0.15, -0.1) is 0 Å². The summed E-state index contributed by atoms with van der Waals surface area (Å²) in [5.41, 5.74) is 1.83. The molecule has 0 aliphatic carbocycles. The van der Waals surface area contributed by atoms with Crippen LogP contribution in [0.5, 0.6) is 0 Å². The molecule has 5 heteroatoms. The van der Waals surface area contributed by atoms with Crippen LogP contribution in [0.1, 0.15) is 30.5 Å². The van der Waals surface area contributed by atoms with Gasteiger partial charge in [-0.2, -0.15) is 0 Å². The van der Waals surface area contributed by atoms with Crippen molar-refractivity contribution in [1.82, 2.24) is 0 Å². The van der Waals surface area contributed by atoms with Gasteiger partial charge in [-0.25, -0.2) is 4.39 Å². The van der Waals surface area contributed by atoms with Crippen LogP contribution in [0, 0.1) is 22.9 Å². The summed E-state index contributed by atoms with van der Waals surface area (Å²) in [6.45, 7) is 3.77. The molecule has 0 bridgehead atoms. The predicted molar refractivity (Wildman–Crippen MR) is 80.9 cm³/mol. The lowest BCUT2D eigenvalue weighted by atomic mass is 10.0. The lowest BCUT2D eigenvalue weighted by Gasteiger charge is -2.19. The van der Waals surface area contributed by atoms with E-state index in [4.69, 9.17) is 0 Å². The maximum absolute atomic E-state index is 13.9. The zero-order chi connectivity index (χ0) is 15.4. The molecule has 0 amide bonds. The van der Waals surface area contributed by atoms with E-state index in [1.807, 2.05) is 13.8 Å². The Bertz CT molecular complexity index is 658. The van der Waals surface area contributed by atoms with Crippen LogP contribution >= 0.6 is 0 Å². The fraction of sp³-hybridized carbons (Fsp3) is 0.250. The second kappa shape index (κ2) is 6.35.